The molecule has 646 valence electrons. The zero-order valence-electron chi connectivity index (χ0n) is 67.9. The number of amides is 2. The fourth-order valence-electron chi connectivity index (χ4n) is 15.6. The molecular formula is C83H89Cl2N14O21P3. The second kappa shape index (κ2) is 38.1. The molecule has 123 heavy (non-hydrogen) atoms. The quantitative estimate of drug-likeness (QED) is 0.0122. The molecule has 0 spiro atoms. The monoisotopic (exact) mass is 1780 g/mol. The third kappa shape index (κ3) is 19.2. The number of carbonyl (C=O) groups excluding carboxylic acids is 2. The maximum Gasteiger partial charge on any atom is 0.530 e. The van der Waals surface area contributed by atoms with Gasteiger partial charge >= 0.3 is 21.3 Å². The van der Waals surface area contributed by atoms with Crippen molar-refractivity contribution in [3.63, 3.8) is 0 Å². The summed E-state index contributed by atoms with van der Waals surface area (Å²) in [6, 6.07) is 45.4. The number of nitrogens with one attached hydrogen (secondary N) is 4. The van der Waals surface area contributed by atoms with Crippen LogP contribution in [0.1, 0.15) is 124 Å². The van der Waals surface area contributed by atoms with Gasteiger partial charge in [0, 0.05) is 71.1 Å². The third-order valence-electron chi connectivity index (χ3n) is 21.2. The van der Waals surface area contributed by atoms with Crippen molar-refractivity contribution in [3.05, 3.63) is 258 Å². The average molecular weight is 1780 g/mol. The molecule has 12 atom stereocenters. The van der Waals surface area contributed by atoms with E-state index in [0.29, 0.717) is 28.2 Å². The first-order valence-corrected chi connectivity index (χ1v) is 44.1. The second-order valence-corrected chi connectivity index (χ2v) is 35.0. The molecule has 35 nitrogen and oxygen atoms in total. The van der Waals surface area contributed by atoms with Gasteiger partial charge in [-0.25, -0.2) is 38.5 Å². The van der Waals surface area contributed by atoms with E-state index < -0.39 is 145 Å². The highest BCUT2D eigenvalue weighted by Gasteiger charge is 2.65. The van der Waals surface area contributed by atoms with Crippen LogP contribution in [0.2, 0.25) is 10.0 Å². The Kier molecular flexibility index (Phi) is 27.5. The highest BCUT2D eigenvalue weighted by Crippen LogP contribution is 2.64. The number of hydrogen-bond acceptors (Lipinski definition) is 26. The molecule has 5 aromatic heterocycles. The molecule has 3 saturated heterocycles. The molecule has 3 aliphatic heterocycles. The predicted molar refractivity (Wildman–Crippen MR) is 452 cm³/mol. The number of rotatable bonds is 35. The fourth-order valence-corrected chi connectivity index (χ4v) is 20.0. The Hall–Kier alpha value is -10.3. The third-order valence-corrected chi connectivity index (χ3v) is 25.9. The Bertz CT molecular complexity index is 5890. The molecule has 0 aliphatic carbocycles. The van der Waals surface area contributed by atoms with Gasteiger partial charge in [-0.1, -0.05) is 140 Å². The molecule has 6 aromatic carbocycles. The Labute approximate surface area is 716 Å². The highest BCUT2D eigenvalue weighted by atomic mass is 35.5. The summed E-state index contributed by atoms with van der Waals surface area (Å²) in [7, 11) is -10.9. The van der Waals surface area contributed by atoms with Crippen molar-refractivity contribution >= 4 is 93.3 Å². The number of benzene rings is 6. The topological polar surface area (TPSA) is 433 Å². The largest absolute Gasteiger partial charge is 0.530 e. The molecule has 12 unspecified atom stereocenters. The molecule has 40 heteroatoms. The molecular weight excluding hydrogens is 1690 g/mol. The van der Waals surface area contributed by atoms with E-state index in [1.807, 2.05) is 87.0 Å². The number of H-pyrrole nitrogens is 2. The van der Waals surface area contributed by atoms with E-state index >= 15 is 4.57 Å². The number of aromatic nitrogens is 10. The summed E-state index contributed by atoms with van der Waals surface area (Å²) in [5.41, 5.74) is -4.81. The summed E-state index contributed by atoms with van der Waals surface area (Å²) < 4.78 is 119. The first kappa shape index (κ1) is 89.0. The van der Waals surface area contributed by atoms with Gasteiger partial charge in [0.15, 0.2) is 28.1 Å². The number of anilines is 2. The van der Waals surface area contributed by atoms with E-state index in [1.165, 1.54) is 85.8 Å². The lowest BCUT2D eigenvalue weighted by molar-refractivity contribution is -0.174. The molecule has 6 N–H and O–H groups in total. The summed E-state index contributed by atoms with van der Waals surface area (Å²) in [4.78, 5) is 121. The lowest BCUT2D eigenvalue weighted by atomic mass is 9.72. The van der Waals surface area contributed by atoms with Crippen molar-refractivity contribution in [3.8, 4) is 23.3 Å². The molecule has 3 aliphatic rings. The second-order valence-electron chi connectivity index (χ2n) is 30.1. The minimum atomic E-state index is -6.07. The van der Waals surface area contributed by atoms with Crippen LogP contribution in [0, 0.1) is 30.1 Å². The Morgan fingerprint density at radius 1 is 0.683 bits per heavy atom. The number of aromatic amines is 2. The van der Waals surface area contributed by atoms with Gasteiger partial charge in [-0.15, -0.1) is 0 Å². The number of fused-ring (bicyclic) bond motifs is 2. The van der Waals surface area contributed by atoms with E-state index in [9.17, 15) is 43.6 Å². The van der Waals surface area contributed by atoms with Crippen LogP contribution in [0.4, 0.5) is 11.8 Å². The number of hydrogen-bond donors (Lipinski definition) is 6. The summed E-state index contributed by atoms with van der Waals surface area (Å²) in [5.74, 6) is -2.76. The number of imidazole rings is 2. The number of halogens is 2. The Morgan fingerprint density at radius 2 is 1.28 bits per heavy atom. The zero-order chi connectivity index (χ0) is 87.2. The molecule has 11 aromatic rings. The zero-order valence-corrected chi connectivity index (χ0v) is 72.1. The molecule has 2 amide bonds. The van der Waals surface area contributed by atoms with Crippen molar-refractivity contribution in [1.29, 1.82) is 5.26 Å². The number of ether oxygens (including phenoxy) is 6. The summed E-state index contributed by atoms with van der Waals surface area (Å²) in [6.07, 6.45) is -8.36. The van der Waals surface area contributed by atoms with E-state index in [0.717, 1.165) is 4.57 Å². The maximum absolute atomic E-state index is 17.1. The smallest absolute Gasteiger partial charge is 0.497 e. The van der Waals surface area contributed by atoms with E-state index in [2.05, 4.69) is 46.6 Å². The maximum atomic E-state index is 17.1. The van der Waals surface area contributed by atoms with Gasteiger partial charge in [0.25, 0.3) is 25.6 Å². The van der Waals surface area contributed by atoms with Crippen LogP contribution in [0.25, 0.3) is 22.3 Å². The van der Waals surface area contributed by atoms with Crippen LogP contribution in [0.3, 0.4) is 0 Å². The van der Waals surface area contributed by atoms with E-state index in [4.69, 9.17) is 83.7 Å². The highest BCUT2D eigenvalue weighted by molar-refractivity contribution is 7.49. The van der Waals surface area contributed by atoms with Gasteiger partial charge in [0.2, 0.25) is 11.9 Å². The number of carbonyl (C=O) groups is 2. The lowest BCUT2D eigenvalue weighted by Gasteiger charge is -2.47. The first-order valence-electron chi connectivity index (χ1n) is 39.2. The SMILES string of the molecule is COc1ccc(C(OCC2OC(n3cc(C)c(=O)[nH]c3=O)CC2OP(=O)(OCC2OC(n3cnc4c(NC(=O)c5ccccc5)ncnc43)CC2C(OP(=O)(O)O)(c2ccccc2Cl)C2OC(n3cnc4c(=O)[nH]c(NC(=O)C(C)C)nc43)CC2OP(OCCC#N)N(C(C)C)C(C)C)Oc2ccccc2Cl)(c2ccccc2)c2ccc(OC)cc2)cc1. The number of aryl methyl sites for hydroxylation is 1. The molecule has 0 radical (unpaired) electrons. The number of methoxy groups -OCH3 is 2. The van der Waals surface area contributed by atoms with Crippen LogP contribution < -0.4 is 41.4 Å². The predicted octanol–water partition coefficient (Wildman–Crippen LogP) is 13.7. The fraction of sp³-hybridized carbons (Fsp3) is 0.361. The van der Waals surface area contributed by atoms with Gasteiger partial charge in [-0.2, -0.15) is 10.2 Å². The van der Waals surface area contributed by atoms with Crippen LogP contribution in [-0.4, -0.2) is 152 Å². The van der Waals surface area contributed by atoms with Crippen molar-refractivity contribution in [1.82, 2.24) is 53.3 Å². The number of nitriles is 1. The van der Waals surface area contributed by atoms with Crippen molar-refractivity contribution in [2.45, 2.75) is 147 Å². The number of phosphoric acid groups is 2. The molecule has 0 bridgehead atoms. The van der Waals surface area contributed by atoms with Gasteiger partial charge in [0.1, 0.15) is 71.8 Å². The molecule has 3 fully saturated rings. The Balaban J connectivity index is 0.947. The van der Waals surface area contributed by atoms with Gasteiger partial charge in [-0.05, 0) is 106 Å². The van der Waals surface area contributed by atoms with Gasteiger partial charge < -0.3 is 57.1 Å². The molecule has 0 saturated carbocycles. The number of phosphoric ester groups is 2. The van der Waals surface area contributed by atoms with Crippen LogP contribution in [0.5, 0.6) is 17.2 Å². The van der Waals surface area contributed by atoms with E-state index in [1.54, 1.807) is 86.6 Å². The van der Waals surface area contributed by atoms with Crippen LogP contribution in [0.15, 0.2) is 197 Å². The van der Waals surface area contributed by atoms with Crippen molar-refractivity contribution < 1.29 is 84.1 Å². The van der Waals surface area contributed by atoms with Crippen LogP contribution >= 0.6 is 47.4 Å². The first-order chi connectivity index (χ1) is 59.0. The Morgan fingerprint density at radius 3 is 1.91 bits per heavy atom. The van der Waals surface area contributed by atoms with Gasteiger partial charge in [-0.3, -0.25) is 61.7 Å². The minimum absolute atomic E-state index is 0.0321. The minimum Gasteiger partial charge on any atom is -0.497 e. The average Bonchev–Trinajstić information content (AvgIpc) is 1.58. The normalized spacial score (nSPS) is 20.6. The summed E-state index contributed by atoms with van der Waals surface area (Å²) >= 11 is 14.6. The van der Waals surface area contributed by atoms with Crippen LogP contribution in [-0.2, 0) is 66.7 Å². The number of nitrogens with zero attached hydrogens (tertiary/aromatic N) is 10. The lowest BCUT2D eigenvalue weighted by Crippen LogP contribution is -2.55. The van der Waals surface area contributed by atoms with Crippen molar-refractivity contribution in [2.24, 2.45) is 11.8 Å². The molecule has 8 heterocycles. The summed E-state index contributed by atoms with van der Waals surface area (Å²) in [6.45, 7) is 10.8. The number of para-hydroxylation sites is 1. The summed E-state index contributed by atoms with van der Waals surface area (Å²) in [5, 5.41) is 15.2. The molecule has 14 rings (SSSR count). The standard InChI is InChI=1S/C83H89Cl2N14O21P3/c1-48(2)76(100)93-80-92-75-71(79(103)94-80)90-47-98(75)69-41-64(117-121(112-38-20-37-86)99(49(3)4)50(5)6)72(116-69)83(120-122(105,106)107,58-25-16-17-26-60(58)84)59-39-67(97-46-89-70-73(87-45-88-74(70)97)91-78(102)52-21-12-10-13-22-52)114-65(59)44-113-123(108,118-62-28-19-18-27-61(62)85)119-63-40-68(96-42-51(7)77(101)95-81(96)104)115-66(63)43-111-82(53-23-14-11-15-24-53,54-29-33-56(109-8)34-30-54)55-31-35-57(110-9)36-32-55/h10-19,21-36,42,45-50,59,63-69,72H,20,38-41,43-44H2,1-9H3,(H,95,101,104)(H2,105,106,107)(H,87,88,91,102)(H2,92,93,94,100,103). The van der Waals surface area contributed by atoms with E-state index in [-0.39, 0.29) is 105 Å². The van der Waals surface area contributed by atoms with Gasteiger partial charge in [0.05, 0.1) is 76.4 Å². The van der Waals surface area contributed by atoms with Crippen molar-refractivity contribution in [2.75, 3.05) is 44.7 Å².